The zero-order valence-corrected chi connectivity index (χ0v) is 18.4. The van der Waals surface area contributed by atoms with Crippen LogP contribution in [0.5, 0.6) is 0 Å². The van der Waals surface area contributed by atoms with E-state index < -0.39 is 0 Å². The zero-order chi connectivity index (χ0) is 22.3. The number of hydrogen-bond acceptors (Lipinski definition) is 1. The van der Waals surface area contributed by atoms with Crippen molar-refractivity contribution in [3.05, 3.63) is 151 Å². The smallest absolute Gasteiger partial charge is 0.0462 e. The summed E-state index contributed by atoms with van der Waals surface area (Å²) in [6.07, 6.45) is 4.30. The fraction of sp³-hybridized carbons (Fsp3) is 0. The van der Waals surface area contributed by atoms with E-state index >= 15 is 0 Å². The van der Waals surface area contributed by atoms with Gasteiger partial charge >= 0.3 is 0 Å². The number of para-hydroxylation sites is 1. The summed E-state index contributed by atoms with van der Waals surface area (Å²) < 4.78 is 0. The van der Waals surface area contributed by atoms with Crippen LogP contribution < -0.4 is 4.90 Å². The Morgan fingerprint density at radius 3 is 1.30 bits per heavy atom. The normalized spacial score (nSPS) is 10.9. The van der Waals surface area contributed by atoms with Gasteiger partial charge < -0.3 is 4.90 Å². The molecule has 0 spiro atoms. The Kier molecular flexibility index (Phi) is 6.13. The first-order valence-electron chi connectivity index (χ1n) is 11.2. The van der Waals surface area contributed by atoms with Gasteiger partial charge in [-0.1, -0.05) is 115 Å². The molecule has 0 radical (unpaired) electrons. The highest BCUT2D eigenvalue weighted by Gasteiger charge is 2.12. The Labute approximate surface area is 195 Å². The first kappa shape index (κ1) is 20.5. The van der Waals surface area contributed by atoms with Crippen LogP contribution in [0.1, 0.15) is 11.1 Å². The van der Waals surface area contributed by atoms with Gasteiger partial charge in [-0.05, 0) is 58.7 Å². The summed E-state index contributed by atoms with van der Waals surface area (Å²) in [5, 5.41) is 0. The lowest BCUT2D eigenvalue weighted by Crippen LogP contribution is -2.09. The Bertz CT molecular complexity index is 1300. The van der Waals surface area contributed by atoms with Gasteiger partial charge in [0.25, 0.3) is 0 Å². The maximum absolute atomic E-state index is 2.29. The average molecular weight is 424 g/mol. The van der Waals surface area contributed by atoms with Crippen molar-refractivity contribution >= 4 is 29.2 Å². The molecule has 5 rings (SSSR count). The van der Waals surface area contributed by atoms with E-state index in [-0.39, 0.29) is 0 Å². The van der Waals surface area contributed by atoms with Gasteiger partial charge in [-0.2, -0.15) is 0 Å². The molecule has 0 aliphatic heterocycles. The summed E-state index contributed by atoms with van der Waals surface area (Å²) in [5.41, 5.74) is 8.22. The molecule has 0 aliphatic carbocycles. The molecule has 0 saturated carbocycles. The van der Waals surface area contributed by atoms with Crippen LogP contribution in [0.3, 0.4) is 0 Å². The highest BCUT2D eigenvalue weighted by Crippen LogP contribution is 2.35. The predicted octanol–water partition coefficient (Wildman–Crippen LogP) is 8.99. The Morgan fingerprint density at radius 2 is 0.727 bits per heavy atom. The van der Waals surface area contributed by atoms with E-state index in [1.165, 1.54) is 22.3 Å². The van der Waals surface area contributed by atoms with Crippen molar-refractivity contribution in [3.63, 3.8) is 0 Å². The fourth-order valence-corrected chi connectivity index (χ4v) is 3.95. The number of hydrogen-bond donors (Lipinski definition) is 0. The molecule has 1 nitrogen and oxygen atoms in total. The second kappa shape index (κ2) is 9.84. The quantitative estimate of drug-likeness (QED) is 0.246. The van der Waals surface area contributed by atoms with Crippen molar-refractivity contribution in [3.8, 4) is 11.1 Å². The zero-order valence-electron chi connectivity index (χ0n) is 18.4. The summed E-state index contributed by atoms with van der Waals surface area (Å²) in [5.74, 6) is 0. The summed E-state index contributed by atoms with van der Waals surface area (Å²) in [7, 11) is 0. The highest BCUT2D eigenvalue weighted by atomic mass is 15.1. The van der Waals surface area contributed by atoms with Gasteiger partial charge in [0.1, 0.15) is 0 Å². The largest absolute Gasteiger partial charge is 0.311 e. The molecule has 5 aromatic carbocycles. The second-order valence-electron chi connectivity index (χ2n) is 7.92. The highest BCUT2D eigenvalue weighted by molar-refractivity contribution is 5.79. The first-order chi connectivity index (χ1) is 16.4. The molecule has 0 saturated heterocycles. The van der Waals surface area contributed by atoms with Gasteiger partial charge in [-0.3, -0.25) is 0 Å². The van der Waals surface area contributed by atoms with Crippen LogP contribution in [0.2, 0.25) is 0 Å². The SMILES string of the molecule is C(=C\c1ccc(N(c2ccccc2)c2ccc(-c3ccccc3)cc2)cc1)/c1ccccc1. The first-order valence-corrected chi connectivity index (χ1v) is 11.2. The summed E-state index contributed by atoms with van der Waals surface area (Å²) in [4.78, 5) is 2.29. The molecule has 158 valence electrons. The van der Waals surface area contributed by atoms with Crippen molar-refractivity contribution in [1.82, 2.24) is 0 Å². The standard InChI is InChI=1S/C32H25N/c1-4-10-26(11-5-1)16-17-27-18-22-31(23-19-27)33(30-14-8-3-9-15-30)32-24-20-29(21-25-32)28-12-6-2-7-13-28/h1-25H/b17-16+. The summed E-state index contributed by atoms with van der Waals surface area (Å²) >= 11 is 0. The predicted molar refractivity (Wildman–Crippen MR) is 142 cm³/mol. The molecule has 0 unspecified atom stereocenters. The number of rotatable bonds is 6. The molecule has 5 aromatic rings. The lowest BCUT2D eigenvalue weighted by atomic mass is 10.0. The van der Waals surface area contributed by atoms with E-state index in [9.17, 15) is 0 Å². The van der Waals surface area contributed by atoms with E-state index in [2.05, 4.69) is 144 Å². The molecule has 0 aromatic heterocycles. The molecule has 0 amide bonds. The lowest BCUT2D eigenvalue weighted by molar-refractivity contribution is 1.28. The van der Waals surface area contributed by atoms with E-state index in [1.54, 1.807) is 0 Å². The van der Waals surface area contributed by atoms with E-state index in [0.29, 0.717) is 0 Å². The van der Waals surface area contributed by atoms with Crippen LogP contribution in [-0.4, -0.2) is 0 Å². The van der Waals surface area contributed by atoms with Crippen molar-refractivity contribution < 1.29 is 0 Å². The minimum Gasteiger partial charge on any atom is -0.311 e. The molecular formula is C32H25N. The molecule has 0 heterocycles. The van der Waals surface area contributed by atoms with E-state index in [4.69, 9.17) is 0 Å². The maximum Gasteiger partial charge on any atom is 0.0462 e. The fourth-order valence-electron chi connectivity index (χ4n) is 3.95. The van der Waals surface area contributed by atoms with Crippen LogP contribution in [-0.2, 0) is 0 Å². The van der Waals surface area contributed by atoms with E-state index in [0.717, 1.165) is 17.1 Å². The average Bonchev–Trinajstić information content (AvgIpc) is 2.91. The third-order valence-corrected chi connectivity index (χ3v) is 5.67. The number of anilines is 3. The number of benzene rings is 5. The topological polar surface area (TPSA) is 3.24 Å². The van der Waals surface area contributed by atoms with Crippen molar-refractivity contribution in [1.29, 1.82) is 0 Å². The number of nitrogens with zero attached hydrogens (tertiary/aromatic N) is 1. The Balaban J connectivity index is 1.45. The third kappa shape index (κ3) is 4.94. The van der Waals surface area contributed by atoms with Crippen LogP contribution >= 0.6 is 0 Å². The van der Waals surface area contributed by atoms with Crippen LogP contribution in [0.25, 0.3) is 23.3 Å². The van der Waals surface area contributed by atoms with Gasteiger partial charge in [0.15, 0.2) is 0 Å². The van der Waals surface area contributed by atoms with Gasteiger partial charge in [0, 0.05) is 17.1 Å². The summed E-state index contributed by atoms with van der Waals surface area (Å²) in [6, 6.07) is 48.9. The van der Waals surface area contributed by atoms with Gasteiger partial charge in [-0.15, -0.1) is 0 Å². The minimum atomic E-state index is 1.13. The van der Waals surface area contributed by atoms with Crippen LogP contribution in [0.15, 0.2) is 140 Å². The Hall–Kier alpha value is -4.36. The molecule has 0 atom stereocenters. The third-order valence-electron chi connectivity index (χ3n) is 5.67. The lowest BCUT2D eigenvalue weighted by Gasteiger charge is -2.25. The van der Waals surface area contributed by atoms with Crippen LogP contribution in [0, 0.1) is 0 Å². The molecule has 0 fully saturated rings. The molecular weight excluding hydrogens is 398 g/mol. The molecule has 0 N–H and O–H groups in total. The second-order valence-corrected chi connectivity index (χ2v) is 7.92. The van der Waals surface area contributed by atoms with E-state index in [1.807, 2.05) is 12.1 Å². The van der Waals surface area contributed by atoms with Crippen LogP contribution in [0.4, 0.5) is 17.1 Å². The van der Waals surface area contributed by atoms with Gasteiger partial charge in [0.05, 0.1) is 0 Å². The molecule has 33 heavy (non-hydrogen) atoms. The Morgan fingerprint density at radius 1 is 0.333 bits per heavy atom. The van der Waals surface area contributed by atoms with Crippen molar-refractivity contribution in [2.75, 3.05) is 4.90 Å². The molecule has 1 heteroatoms. The monoisotopic (exact) mass is 423 g/mol. The molecule has 0 bridgehead atoms. The molecule has 0 aliphatic rings. The minimum absolute atomic E-state index is 1.13. The summed E-state index contributed by atoms with van der Waals surface area (Å²) in [6.45, 7) is 0. The maximum atomic E-state index is 2.29. The van der Waals surface area contributed by atoms with Gasteiger partial charge in [0.2, 0.25) is 0 Å². The van der Waals surface area contributed by atoms with Crippen molar-refractivity contribution in [2.45, 2.75) is 0 Å². The van der Waals surface area contributed by atoms with Gasteiger partial charge in [-0.25, -0.2) is 0 Å². The van der Waals surface area contributed by atoms with Crippen molar-refractivity contribution in [2.24, 2.45) is 0 Å².